The van der Waals surface area contributed by atoms with E-state index < -0.39 is 0 Å². The quantitative estimate of drug-likeness (QED) is 0.175. The van der Waals surface area contributed by atoms with Crippen molar-refractivity contribution in [2.24, 2.45) is 0 Å². The summed E-state index contributed by atoms with van der Waals surface area (Å²) < 4.78 is 5.89. The highest BCUT2D eigenvalue weighted by Crippen LogP contribution is 2.28. The van der Waals surface area contributed by atoms with Crippen molar-refractivity contribution in [3.63, 3.8) is 0 Å². The van der Waals surface area contributed by atoms with Gasteiger partial charge in [0, 0.05) is 52.6 Å². The van der Waals surface area contributed by atoms with Gasteiger partial charge in [0.05, 0.1) is 6.20 Å². The number of likely N-dealkylation sites (N-methyl/N-ethyl adjacent to an activating group) is 1. The molecule has 0 fully saturated rings. The second kappa shape index (κ2) is 11.1. The Kier molecular flexibility index (Phi) is 7.32. The number of hydrogen-bond donors (Lipinski definition) is 5. The number of fused-ring (bicyclic) bond motifs is 1. The summed E-state index contributed by atoms with van der Waals surface area (Å²) in [6, 6.07) is 17.5. The van der Waals surface area contributed by atoms with Gasteiger partial charge >= 0.3 is 0 Å². The lowest BCUT2D eigenvalue weighted by atomic mass is 10.1. The number of anilines is 2. The minimum absolute atomic E-state index is 0.0521. The first-order valence-electron chi connectivity index (χ1n) is 12.5. The van der Waals surface area contributed by atoms with Crippen molar-refractivity contribution in [2.75, 3.05) is 25.5 Å². The van der Waals surface area contributed by atoms with Crippen LogP contribution in [0.3, 0.4) is 0 Å². The second-order valence-corrected chi connectivity index (χ2v) is 9.17. The number of carbonyl (C=O) groups excluding carboxylic acids is 1. The average Bonchev–Trinajstić information content (AvgIpc) is 3.59. The number of carbonyl (C=O) groups is 1. The summed E-state index contributed by atoms with van der Waals surface area (Å²) in [5, 5.41) is 17.1. The summed E-state index contributed by atoms with van der Waals surface area (Å²) in [6.07, 6.45) is 3.64. The zero-order valence-corrected chi connectivity index (χ0v) is 21.5. The van der Waals surface area contributed by atoms with E-state index in [0.717, 1.165) is 33.3 Å². The van der Waals surface area contributed by atoms with Crippen LogP contribution in [0.1, 0.15) is 24.3 Å². The van der Waals surface area contributed by atoms with Crippen molar-refractivity contribution >= 4 is 28.3 Å². The maximum atomic E-state index is 12.5. The van der Waals surface area contributed by atoms with Gasteiger partial charge in [0.15, 0.2) is 5.82 Å². The number of aromatic amines is 2. The first kappa shape index (κ1) is 25.0. The summed E-state index contributed by atoms with van der Waals surface area (Å²) in [5.74, 6) is 1.44. The zero-order valence-electron chi connectivity index (χ0n) is 21.5. The predicted molar refractivity (Wildman–Crippen MR) is 149 cm³/mol. The standard InChI is InChI=1S/C28H30N8O2/c1-17(2)32-28(37)24-12-19-4-5-20(13-23(19)34-24)27-35-25(14-26(36-27)38-11-10-29-3)33-22-8-6-18(7-9-22)21-15-30-31-16-21/h4-9,12-17,29,34H,10-11H2,1-3H3,(H,30,31)(H,32,37)(H,33,35,36). The molecular formula is C28H30N8O2. The van der Waals surface area contributed by atoms with Gasteiger partial charge in [0.25, 0.3) is 5.91 Å². The van der Waals surface area contributed by atoms with Crippen LogP contribution in [0.15, 0.2) is 67.0 Å². The number of amides is 1. The van der Waals surface area contributed by atoms with Gasteiger partial charge in [-0.2, -0.15) is 10.1 Å². The van der Waals surface area contributed by atoms with Crippen molar-refractivity contribution in [3.05, 3.63) is 72.7 Å². The molecule has 0 atom stereocenters. The molecule has 2 aromatic carbocycles. The van der Waals surface area contributed by atoms with Crippen molar-refractivity contribution in [1.82, 2.24) is 35.8 Å². The van der Waals surface area contributed by atoms with E-state index >= 15 is 0 Å². The van der Waals surface area contributed by atoms with Crippen LogP contribution in [0.2, 0.25) is 0 Å². The average molecular weight is 511 g/mol. The Bertz CT molecular complexity index is 1520. The van der Waals surface area contributed by atoms with Gasteiger partial charge < -0.3 is 25.7 Å². The highest BCUT2D eigenvalue weighted by molar-refractivity contribution is 5.98. The maximum Gasteiger partial charge on any atom is 0.267 e. The number of aromatic nitrogens is 5. The molecule has 0 aliphatic rings. The van der Waals surface area contributed by atoms with Gasteiger partial charge in [-0.25, -0.2) is 4.98 Å². The van der Waals surface area contributed by atoms with Gasteiger partial charge in [-0.05, 0) is 50.7 Å². The Morgan fingerprint density at radius 3 is 2.55 bits per heavy atom. The molecule has 38 heavy (non-hydrogen) atoms. The smallest absolute Gasteiger partial charge is 0.267 e. The van der Waals surface area contributed by atoms with Gasteiger partial charge in [-0.3, -0.25) is 9.89 Å². The highest BCUT2D eigenvalue weighted by Gasteiger charge is 2.13. The molecule has 0 unspecified atom stereocenters. The molecular weight excluding hydrogens is 480 g/mol. The van der Waals surface area contributed by atoms with Crippen molar-refractivity contribution in [3.8, 4) is 28.4 Å². The summed E-state index contributed by atoms with van der Waals surface area (Å²) >= 11 is 0. The molecule has 5 aromatic rings. The van der Waals surface area contributed by atoms with Crippen LogP contribution in [-0.4, -0.2) is 57.3 Å². The first-order chi connectivity index (χ1) is 18.5. The Morgan fingerprint density at radius 2 is 1.82 bits per heavy atom. The minimum atomic E-state index is -0.140. The van der Waals surface area contributed by atoms with E-state index in [2.05, 4.69) is 36.1 Å². The molecule has 10 nitrogen and oxygen atoms in total. The van der Waals surface area contributed by atoms with Crippen molar-refractivity contribution in [2.45, 2.75) is 19.9 Å². The fraction of sp³-hybridized carbons (Fsp3) is 0.214. The molecule has 0 spiro atoms. The normalized spacial score (nSPS) is 11.2. The number of hydrogen-bond acceptors (Lipinski definition) is 7. The topological polar surface area (TPSA) is 133 Å². The van der Waals surface area contributed by atoms with E-state index in [-0.39, 0.29) is 11.9 Å². The Balaban J connectivity index is 1.44. The highest BCUT2D eigenvalue weighted by atomic mass is 16.5. The SMILES string of the molecule is CNCCOc1cc(Nc2ccc(-c3cn[nH]c3)cc2)nc(-c2ccc3cc(C(=O)NC(C)C)[nH]c3c2)n1. The van der Waals surface area contributed by atoms with E-state index in [1.54, 1.807) is 12.3 Å². The largest absolute Gasteiger partial charge is 0.476 e. The molecule has 0 aliphatic carbocycles. The van der Waals surface area contributed by atoms with E-state index in [1.165, 1.54) is 0 Å². The van der Waals surface area contributed by atoms with Crippen LogP contribution in [0.5, 0.6) is 5.88 Å². The Morgan fingerprint density at radius 1 is 1.00 bits per heavy atom. The number of benzene rings is 2. The van der Waals surface area contributed by atoms with Gasteiger partial charge in [-0.15, -0.1) is 0 Å². The molecule has 5 rings (SSSR count). The predicted octanol–water partition coefficient (Wildman–Crippen LogP) is 4.50. The van der Waals surface area contributed by atoms with Crippen LogP contribution < -0.4 is 20.7 Å². The molecule has 3 aromatic heterocycles. The van der Waals surface area contributed by atoms with E-state index in [1.807, 2.05) is 75.6 Å². The zero-order chi connectivity index (χ0) is 26.5. The van der Waals surface area contributed by atoms with Crippen LogP contribution >= 0.6 is 0 Å². The van der Waals surface area contributed by atoms with Crippen molar-refractivity contribution in [1.29, 1.82) is 0 Å². The molecule has 194 valence electrons. The van der Waals surface area contributed by atoms with Crippen LogP contribution in [0.25, 0.3) is 33.4 Å². The fourth-order valence-corrected chi connectivity index (χ4v) is 3.98. The molecule has 0 radical (unpaired) electrons. The molecule has 0 saturated heterocycles. The summed E-state index contributed by atoms with van der Waals surface area (Å²) in [7, 11) is 1.87. The second-order valence-electron chi connectivity index (χ2n) is 9.17. The fourth-order valence-electron chi connectivity index (χ4n) is 3.98. The van der Waals surface area contributed by atoms with E-state index in [4.69, 9.17) is 9.72 Å². The maximum absolute atomic E-state index is 12.5. The molecule has 0 saturated carbocycles. The summed E-state index contributed by atoms with van der Waals surface area (Å²) in [4.78, 5) is 25.1. The van der Waals surface area contributed by atoms with Gasteiger partial charge in [-0.1, -0.05) is 24.3 Å². The summed E-state index contributed by atoms with van der Waals surface area (Å²) in [6.45, 7) is 5.02. The lowest BCUT2D eigenvalue weighted by Crippen LogP contribution is -2.30. The molecule has 5 N–H and O–H groups in total. The molecule has 0 bridgehead atoms. The number of ether oxygens (including phenoxy) is 1. The summed E-state index contributed by atoms with van der Waals surface area (Å²) in [5.41, 5.74) is 5.09. The monoisotopic (exact) mass is 510 g/mol. The minimum Gasteiger partial charge on any atom is -0.476 e. The number of H-pyrrole nitrogens is 2. The Labute approximate surface area is 220 Å². The number of nitrogens with zero attached hydrogens (tertiary/aromatic N) is 3. The first-order valence-corrected chi connectivity index (χ1v) is 12.5. The Hall–Kier alpha value is -4.70. The third kappa shape index (κ3) is 5.81. The molecule has 3 heterocycles. The van der Waals surface area contributed by atoms with Crippen LogP contribution in [0.4, 0.5) is 11.5 Å². The van der Waals surface area contributed by atoms with Gasteiger partial charge in [0.2, 0.25) is 5.88 Å². The lowest BCUT2D eigenvalue weighted by molar-refractivity contribution is 0.0939. The number of nitrogens with one attached hydrogen (secondary N) is 5. The van der Waals surface area contributed by atoms with Crippen LogP contribution in [0, 0.1) is 0 Å². The third-order valence-corrected chi connectivity index (χ3v) is 5.84. The molecule has 0 aliphatic heterocycles. The lowest BCUT2D eigenvalue weighted by Gasteiger charge is -2.12. The molecule has 10 heteroatoms. The number of rotatable bonds is 10. The third-order valence-electron chi connectivity index (χ3n) is 5.84. The molecule has 1 amide bonds. The van der Waals surface area contributed by atoms with E-state index in [0.29, 0.717) is 36.4 Å². The van der Waals surface area contributed by atoms with E-state index in [9.17, 15) is 4.79 Å². The van der Waals surface area contributed by atoms with Gasteiger partial charge in [0.1, 0.15) is 18.1 Å². The van der Waals surface area contributed by atoms with Crippen molar-refractivity contribution < 1.29 is 9.53 Å². The van der Waals surface area contributed by atoms with Crippen LogP contribution in [-0.2, 0) is 0 Å².